The lowest BCUT2D eigenvalue weighted by molar-refractivity contribution is -0.115. The lowest BCUT2D eigenvalue weighted by Gasteiger charge is -2.16. The van der Waals surface area contributed by atoms with Crippen LogP contribution in [0.5, 0.6) is 0 Å². The van der Waals surface area contributed by atoms with Crippen LogP contribution in [-0.4, -0.2) is 38.7 Å². The Hall–Kier alpha value is -2.70. The fraction of sp³-hybridized carbons (Fsp3) is 0.158. The number of ketones is 1. The standard InChI is InChI=1S/C19H15Cl2N5O/c1-12-22-23-19-25(11-15(27)10-20)24-18(13-6-8-14(21)9-7-13)16-4-2-3-5-17(16)26(12)19/h2-9H,10-11H2,1H3. The molecule has 0 radical (unpaired) electrons. The number of halogens is 2. The minimum Gasteiger partial charge on any atom is -0.296 e. The Bertz CT molecular complexity index is 1040. The van der Waals surface area contributed by atoms with Crippen LogP contribution in [0.25, 0.3) is 5.69 Å². The molecule has 3 aromatic rings. The maximum absolute atomic E-state index is 12.1. The van der Waals surface area contributed by atoms with Crippen molar-refractivity contribution in [2.45, 2.75) is 6.92 Å². The summed E-state index contributed by atoms with van der Waals surface area (Å²) in [6, 6.07) is 15.3. The van der Waals surface area contributed by atoms with Crippen LogP contribution in [0.4, 0.5) is 5.95 Å². The summed E-state index contributed by atoms with van der Waals surface area (Å²) in [5, 5.41) is 15.4. The molecular formula is C19H15Cl2N5O. The first-order valence-electron chi connectivity index (χ1n) is 8.30. The second-order valence-electron chi connectivity index (χ2n) is 6.09. The van der Waals surface area contributed by atoms with E-state index in [0.29, 0.717) is 16.8 Å². The lowest BCUT2D eigenvalue weighted by Crippen LogP contribution is -2.28. The van der Waals surface area contributed by atoms with Gasteiger partial charge in [0.15, 0.2) is 5.78 Å². The van der Waals surface area contributed by atoms with Crippen LogP contribution in [0.15, 0.2) is 53.6 Å². The van der Waals surface area contributed by atoms with E-state index >= 15 is 0 Å². The summed E-state index contributed by atoms with van der Waals surface area (Å²) >= 11 is 11.8. The van der Waals surface area contributed by atoms with Gasteiger partial charge in [0.25, 0.3) is 5.95 Å². The molecule has 0 fully saturated rings. The number of hydrogen-bond donors (Lipinski definition) is 0. The third kappa shape index (κ3) is 3.22. The third-order valence-corrected chi connectivity index (χ3v) is 4.80. The zero-order valence-corrected chi connectivity index (χ0v) is 15.9. The fourth-order valence-corrected chi connectivity index (χ4v) is 3.24. The van der Waals surface area contributed by atoms with Crippen molar-refractivity contribution >= 4 is 40.6 Å². The van der Waals surface area contributed by atoms with E-state index in [1.807, 2.05) is 60.0 Å². The van der Waals surface area contributed by atoms with Crippen LogP contribution in [0.1, 0.15) is 17.0 Å². The Morgan fingerprint density at radius 1 is 1.07 bits per heavy atom. The van der Waals surface area contributed by atoms with Crippen molar-refractivity contribution in [2.75, 3.05) is 17.4 Å². The molecule has 2 heterocycles. The Kier molecular flexibility index (Phi) is 4.68. The normalized spacial score (nSPS) is 12.9. The first-order chi connectivity index (χ1) is 13.1. The van der Waals surface area contributed by atoms with Crippen molar-refractivity contribution in [3.05, 3.63) is 70.5 Å². The second-order valence-corrected chi connectivity index (χ2v) is 6.79. The SMILES string of the molecule is Cc1nnc2n1-c1ccccc1C(c1ccc(Cl)cc1)=NN2CC(=O)CCl. The van der Waals surface area contributed by atoms with Crippen molar-refractivity contribution in [2.24, 2.45) is 5.10 Å². The number of para-hydroxylation sites is 1. The molecular weight excluding hydrogens is 385 g/mol. The quantitative estimate of drug-likeness (QED) is 0.628. The van der Waals surface area contributed by atoms with Crippen molar-refractivity contribution in [1.29, 1.82) is 0 Å². The number of carbonyl (C=O) groups is 1. The summed E-state index contributed by atoms with van der Waals surface area (Å²) in [6.45, 7) is 1.87. The van der Waals surface area contributed by atoms with E-state index < -0.39 is 0 Å². The Morgan fingerprint density at radius 3 is 2.56 bits per heavy atom. The average molecular weight is 400 g/mol. The van der Waals surface area contributed by atoms with Gasteiger partial charge in [0.05, 0.1) is 11.6 Å². The predicted octanol–water partition coefficient (Wildman–Crippen LogP) is 3.61. The van der Waals surface area contributed by atoms with Crippen molar-refractivity contribution in [1.82, 2.24) is 14.8 Å². The molecule has 0 unspecified atom stereocenters. The van der Waals surface area contributed by atoms with Gasteiger partial charge in [-0.2, -0.15) is 5.10 Å². The fourth-order valence-electron chi connectivity index (χ4n) is 3.02. The van der Waals surface area contributed by atoms with Crippen LogP contribution in [0.2, 0.25) is 5.02 Å². The number of Topliss-reactive ketones (excluding diaryl/α,β-unsaturated/α-hetero) is 1. The number of carbonyl (C=O) groups excluding carboxylic acids is 1. The van der Waals surface area contributed by atoms with Gasteiger partial charge < -0.3 is 0 Å². The van der Waals surface area contributed by atoms with Crippen LogP contribution in [0.3, 0.4) is 0 Å². The molecule has 1 aliphatic heterocycles. The summed E-state index contributed by atoms with van der Waals surface area (Å²) in [4.78, 5) is 12.1. The van der Waals surface area contributed by atoms with Crippen LogP contribution < -0.4 is 5.01 Å². The minimum atomic E-state index is -0.158. The number of alkyl halides is 1. The first kappa shape index (κ1) is 17.7. The van der Waals surface area contributed by atoms with Crippen molar-refractivity contribution in [3.63, 3.8) is 0 Å². The number of nitrogens with zero attached hydrogens (tertiary/aromatic N) is 5. The van der Waals surface area contributed by atoms with E-state index in [1.54, 1.807) is 5.01 Å². The van der Waals surface area contributed by atoms with Crippen LogP contribution in [-0.2, 0) is 4.79 Å². The highest BCUT2D eigenvalue weighted by Crippen LogP contribution is 2.29. The summed E-state index contributed by atoms with van der Waals surface area (Å²) in [5.74, 6) is 0.923. The molecule has 0 atom stereocenters. The molecule has 27 heavy (non-hydrogen) atoms. The van der Waals surface area contributed by atoms with Gasteiger partial charge in [-0.25, -0.2) is 5.01 Å². The molecule has 0 saturated carbocycles. The second kappa shape index (κ2) is 7.13. The number of hydrogen-bond acceptors (Lipinski definition) is 5. The molecule has 6 nitrogen and oxygen atoms in total. The molecule has 1 aromatic heterocycles. The summed E-state index contributed by atoms with van der Waals surface area (Å²) in [6.07, 6.45) is 0. The number of rotatable bonds is 4. The largest absolute Gasteiger partial charge is 0.296 e. The number of aryl methyl sites for hydroxylation is 1. The highest BCUT2D eigenvalue weighted by Gasteiger charge is 2.27. The number of hydrazone groups is 1. The van der Waals surface area contributed by atoms with E-state index in [2.05, 4.69) is 10.2 Å². The van der Waals surface area contributed by atoms with Gasteiger partial charge in [-0.3, -0.25) is 9.36 Å². The Labute approximate surface area is 166 Å². The molecule has 4 rings (SSSR count). The summed E-state index contributed by atoms with van der Waals surface area (Å²) < 4.78 is 1.89. The van der Waals surface area contributed by atoms with Crippen LogP contribution in [0, 0.1) is 6.92 Å². The summed E-state index contributed by atoms with van der Waals surface area (Å²) in [5.41, 5.74) is 3.40. The molecule has 1 aliphatic rings. The molecule has 0 amide bonds. The maximum Gasteiger partial charge on any atom is 0.252 e. The van der Waals surface area contributed by atoms with E-state index in [1.165, 1.54) is 0 Å². The highest BCUT2D eigenvalue weighted by atomic mass is 35.5. The van der Waals surface area contributed by atoms with Crippen molar-refractivity contribution < 1.29 is 4.79 Å². The minimum absolute atomic E-state index is 0.00666. The Morgan fingerprint density at radius 2 is 1.81 bits per heavy atom. The first-order valence-corrected chi connectivity index (χ1v) is 9.21. The molecule has 0 bridgehead atoms. The molecule has 0 saturated heterocycles. The van der Waals surface area contributed by atoms with Gasteiger partial charge in [0, 0.05) is 16.1 Å². The summed E-state index contributed by atoms with van der Waals surface area (Å²) in [7, 11) is 0. The molecule has 8 heteroatoms. The highest BCUT2D eigenvalue weighted by molar-refractivity contribution is 6.30. The van der Waals surface area contributed by atoms with Gasteiger partial charge >= 0.3 is 0 Å². The van der Waals surface area contributed by atoms with Gasteiger partial charge in [-0.1, -0.05) is 41.9 Å². The van der Waals surface area contributed by atoms with Gasteiger partial charge in [-0.15, -0.1) is 21.8 Å². The lowest BCUT2D eigenvalue weighted by atomic mass is 10.0. The van der Waals surface area contributed by atoms with E-state index in [9.17, 15) is 4.79 Å². The third-order valence-electron chi connectivity index (χ3n) is 4.25. The number of fused-ring (bicyclic) bond motifs is 3. The maximum atomic E-state index is 12.1. The average Bonchev–Trinajstić information content (AvgIpc) is 3.00. The number of benzene rings is 2. The van der Waals surface area contributed by atoms with Gasteiger partial charge in [-0.05, 0) is 25.1 Å². The molecule has 0 N–H and O–H groups in total. The van der Waals surface area contributed by atoms with Crippen LogP contribution >= 0.6 is 23.2 Å². The zero-order chi connectivity index (χ0) is 19.0. The van der Waals surface area contributed by atoms with E-state index in [-0.39, 0.29) is 18.2 Å². The topological polar surface area (TPSA) is 63.4 Å². The monoisotopic (exact) mass is 399 g/mol. The molecule has 0 spiro atoms. The Balaban J connectivity index is 1.97. The van der Waals surface area contributed by atoms with Crippen molar-refractivity contribution in [3.8, 4) is 5.69 Å². The smallest absolute Gasteiger partial charge is 0.252 e. The predicted molar refractivity (Wildman–Crippen MR) is 106 cm³/mol. The molecule has 2 aromatic carbocycles. The zero-order valence-electron chi connectivity index (χ0n) is 14.4. The van der Waals surface area contributed by atoms with Gasteiger partial charge in [0.1, 0.15) is 18.1 Å². The van der Waals surface area contributed by atoms with E-state index in [4.69, 9.17) is 28.3 Å². The molecule has 0 aliphatic carbocycles. The number of aromatic nitrogens is 3. The van der Waals surface area contributed by atoms with Gasteiger partial charge in [0.2, 0.25) is 0 Å². The number of anilines is 1. The van der Waals surface area contributed by atoms with E-state index in [0.717, 1.165) is 22.5 Å². The molecule has 136 valence electrons.